The number of halogens is 2. The third-order valence-corrected chi connectivity index (χ3v) is 2.86. The quantitative estimate of drug-likeness (QED) is 0.788. The van der Waals surface area contributed by atoms with Crippen LogP contribution in [0.1, 0.15) is 12.5 Å². The molecule has 0 aliphatic rings. The van der Waals surface area contributed by atoms with Crippen LogP contribution in [0.4, 0.5) is 0 Å². The Balaban J connectivity index is 3.06. The third kappa shape index (κ3) is 2.20. The number of rotatable bonds is 3. The van der Waals surface area contributed by atoms with E-state index in [9.17, 15) is 5.11 Å². The van der Waals surface area contributed by atoms with Gasteiger partial charge in [-0.25, -0.2) is 0 Å². The van der Waals surface area contributed by atoms with E-state index < -0.39 is 17.6 Å². The second-order valence-electron chi connectivity index (χ2n) is 3.21. The molecule has 0 saturated carbocycles. The van der Waals surface area contributed by atoms with E-state index in [1.54, 1.807) is 31.2 Å². The van der Waals surface area contributed by atoms with Crippen LogP contribution >= 0.6 is 23.2 Å². The van der Waals surface area contributed by atoms with Crippen molar-refractivity contribution in [1.29, 1.82) is 0 Å². The maximum atomic E-state index is 10.0. The highest BCUT2D eigenvalue weighted by Gasteiger charge is 2.33. The molecule has 2 atom stereocenters. The van der Waals surface area contributed by atoms with Gasteiger partial charge < -0.3 is 10.2 Å². The predicted octanol–water partition coefficient (Wildman–Crippen LogP) is 2.15. The smallest absolute Gasteiger partial charge is 0.129 e. The van der Waals surface area contributed by atoms with Crippen LogP contribution in [-0.2, 0) is 5.60 Å². The lowest BCUT2D eigenvalue weighted by Gasteiger charge is -2.28. The summed E-state index contributed by atoms with van der Waals surface area (Å²) in [6.45, 7) is 1.21. The molecule has 1 aromatic rings. The van der Waals surface area contributed by atoms with E-state index in [-0.39, 0.29) is 0 Å². The van der Waals surface area contributed by atoms with Crippen LogP contribution in [0.2, 0.25) is 5.02 Å². The Morgan fingerprint density at radius 1 is 1.36 bits per heavy atom. The van der Waals surface area contributed by atoms with Crippen LogP contribution in [0.5, 0.6) is 0 Å². The summed E-state index contributed by atoms with van der Waals surface area (Å²) in [7, 11) is 0. The first-order chi connectivity index (χ1) is 6.50. The van der Waals surface area contributed by atoms with E-state index in [4.69, 9.17) is 28.3 Å². The molecule has 2 nitrogen and oxygen atoms in total. The Morgan fingerprint density at radius 2 is 1.86 bits per heavy atom. The maximum Gasteiger partial charge on any atom is 0.129 e. The van der Waals surface area contributed by atoms with Crippen molar-refractivity contribution in [2.75, 3.05) is 6.61 Å². The molecule has 0 radical (unpaired) electrons. The summed E-state index contributed by atoms with van der Waals surface area (Å²) in [5, 5.41) is 19.2. The largest absolute Gasteiger partial charge is 0.393 e. The zero-order valence-corrected chi connectivity index (χ0v) is 9.26. The molecule has 0 heterocycles. The lowest BCUT2D eigenvalue weighted by Crippen LogP contribution is -2.38. The maximum absolute atomic E-state index is 10.0. The van der Waals surface area contributed by atoms with Gasteiger partial charge in [-0.05, 0) is 24.6 Å². The summed E-state index contributed by atoms with van der Waals surface area (Å²) in [4.78, 5) is 0. The molecule has 0 spiro atoms. The third-order valence-electron chi connectivity index (χ3n) is 2.24. The number of benzene rings is 1. The summed E-state index contributed by atoms with van der Waals surface area (Å²) in [6, 6.07) is 6.60. The number of aliphatic hydroxyl groups excluding tert-OH is 1. The summed E-state index contributed by atoms with van der Waals surface area (Å²) < 4.78 is 0. The molecular weight excluding hydrogens is 223 g/mol. The van der Waals surface area contributed by atoms with Crippen molar-refractivity contribution in [2.45, 2.75) is 17.9 Å². The van der Waals surface area contributed by atoms with Crippen LogP contribution < -0.4 is 0 Å². The zero-order chi connectivity index (χ0) is 10.8. The summed E-state index contributed by atoms with van der Waals surface area (Å²) >= 11 is 11.5. The number of aliphatic hydroxyl groups is 2. The lowest BCUT2D eigenvalue weighted by atomic mass is 9.92. The fourth-order valence-corrected chi connectivity index (χ4v) is 1.51. The van der Waals surface area contributed by atoms with Gasteiger partial charge in [0.15, 0.2) is 0 Å². The Morgan fingerprint density at radius 3 is 2.21 bits per heavy atom. The lowest BCUT2D eigenvalue weighted by molar-refractivity contribution is -0.0189. The average Bonchev–Trinajstić information content (AvgIpc) is 2.17. The number of hydrogen-bond donors (Lipinski definition) is 2. The van der Waals surface area contributed by atoms with Crippen LogP contribution in [0.25, 0.3) is 0 Å². The minimum atomic E-state index is -1.41. The topological polar surface area (TPSA) is 40.5 Å². The van der Waals surface area contributed by atoms with Crippen LogP contribution in [-0.4, -0.2) is 22.2 Å². The molecule has 0 aliphatic carbocycles. The Kier molecular flexibility index (Phi) is 3.78. The second kappa shape index (κ2) is 4.49. The summed E-state index contributed by atoms with van der Waals surface area (Å²) in [5.74, 6) is 0. The van der Waals surface area contributed by atoms with Gasteiger partial charge in [0.25, 0.3) is 0 Å². The molecule has 0 unspecified atom stereocenters. The minimum absolute atomic E-state index is 0.417. The van der Waals surface area contributed by atoms with E-state index >= 15 is 0 Å². The molecular formula is C10H12Cl2O2. The van der Waals surface area contributed by atoms with E-state index in [1.807, 2.05) is 0 Å². The average molecular weight is 235 g/mol. The van der Waals surface area contributed by atoms with Gasteiger partial charge in [0.1, 0.15) is 5.60 Å². The molecule has 1 rings (SSSR count). The van der Waals surface area contributed by atoms with Gasteiger partial charge in [-0.2, -0.15) is 0 Å². The number of hydrogen-bond acceptors (Lipinski definition) is 2. The van der Waals surface area contributed by atoms with Crippen molar-refractivity contribution in [3.63, 3.8) is 0 Å². The molecule has 0 amide bonds. The second-order valence-corrected chi connectivity index (χ2v) is 4.30. The SMILES string of the molecule is C[C@@H](Cl)[C@](O)(CO)c1ccc(Cl)cc1. The Labute approximate surface area is 93.1 Å². The Hall–Kier alpha value is -0.280. The molecule has 4 heteroatoms. The van der Waals surface area contributed by atoms with Crippen molar-refractivity contribution in [3.05, 3.63) is 34.9 Å². The van der Waals surface area contributed by atoms with Crippen LogP contribution in [0, 0.1) is 0 Å². The summed E-state index contributed by atoms with van der Waals surface area (Å²) in [5.41, 5.74) is -0.849. The molecule has 14 heavy (non-hydrogen) atoms. The highest BCUT2D eigenvalue weighted by molar-refractivity contribution is 6.30. The number of alkyl halides is 1. The van der Waals surface area contributed by atoms with Crippen LogP contribution in [0.15, 0.2) is 24.3 Å². The fourth-order valence-electron chi connectivity index (χ4n) is 1.19. The van der Waals surface area contributed by atoms with Crippen molar-refractivity contribution in [3.8, 4) is 0 Å². The van der Waals surface area contributed by atoms with Gasteiger partial charge in [-0.15, -0.1) is 11.6 Å². The molecule has 0 aromatic heterocycles. The molecule has 0 aliphatic heterocycles. The van der Waals surface area contributed by atoms with Crippen molar-refractivity contribution in [1.82, 2.24) is 0 Å². The molecule has 0 fully saturated rings. The first-order valence-electron chi connectivity index (χ1n) is 4.24. The highest BCUT2D eigenvalue weighted by Crippen LogP contribution is 2.28. The first kappa shape index (κ1) is 11.8. The van der Waals surface area contributed by atoms with Gasteiger partial charge in [0.2, 0.25) is 0 Å². The summed E-state index contributed by atoms with van der Waals surface area (Å²) in [6.07, 6.45) is 0. The molecule has 1 aromatic carbocycles. The minimum Gasteiger partial charge on any atom is -0.393 e. The standard InChI is InChI=1S/C10H12Cl2O2/c1-7(11)10(14,6-13)8-2-4-9(12)5-3-8/h2-5,7,13-14H,6H2,1H3/t7-,10-/m1/s1. The highest BCUT2D eigenvalue weighted by atomic mass is 35.5. The van der Waals surface area contributed by atoms with Gasteiger partial charge >= 0.3 is 0 Å². The van der Waals surface area contributed by atoms with Gasteiger partial charge in [0.05, 0.1) is 12.0 Å². The van der Waals surface area contributed by atoms with Crippen molar-refractivity contribution in [2.24, 2.45) is 0 Å². The normalized spacial score (nSPS) is 17.5. The molecule has 78 valence electrons. The van der Waals surface area contributed by atoms with E-state index in [1.165, 1.54) is 0 Å². The van der Waals surface area contributed by atoms with E-state index in [0.29, 0.717) is 10.6 Å². The molecule has 0 saturated heterocycles. The molecule has 0 bridgehead atoms. The van der Waals surface area contributed by atoms with Gasteiger partial charge in [0, 0.05) is 5.02 Å². The van der Waals surface area contributed by atoms with E-state index in [0.717, 1.165) is 0 Å². The molecule has 2 N–H and O–H groups in total. The van der Waals surface area contributed by atoms with E-state index in [2.05, 4.69) is 0 Å². The van der Waals surface area contributed by atoms with Gasteiger partial charge in [-0.3, -0.25) is 0 Å². The monoisotopic (exact) mass is 234 g/mol. The fraction of sp³-hybridized carbons (Fsp3) is 0.400. The predicted molar refractivity (Wildman–Crippen MR) is 57.7 cm³/mol. The Bertz CT molecular complexity index is 297. The van der Waals surface area contributed by atoms with Crippen LogP contribution in [0.3, 0.4) is 0 Å². The van der Waals surface area contributed by atoms with Crippen molar-refractivity contribution >= 4 is 23.2 Å². The van der Waals surface area contributed by atoms with Crippen molar-refractivity contribution < 1.29 is 10.2 Å². The van der Waals surface area contributed by atoms with Gasteiger partial charge in [-0.1, -0.05) is 23.7 Å². The first-order valence-corrected chi connectivity index (χ1v) is 5.05. The zero-order valence-electron chi connectivity index (χ0n) is 7.74.